The molecule has 1 aromatic rings. The summed E-state index contributed by atoms with van der Waals surface area (Å²) >= 11 is 0. The number of likely N-dealkylation sites (tertiary alicyclic amines) is 1. The third-order valence-corrected chi connectivity index (χ3v) is 5.22. The lowest BCUT2D eigenvalue weighted by molar-refractivity contribution is -0.961. The fraction of sp³-hybridized carbons (Fsp3) is 0.600. The molecule has 1 saturated heterocycles. The Morgan fingerprint density at radius 1 is 1.23 bits per heavy atom. The van der Waals surface area contributed by atoms with E-state index in [0.29, 0.717) is 4.48 Å². The van der Waals surface area contributed by atoms with Gasteiger partial charge in [-0.05, 0) is 44.2 Å². The van der Waals surface area contributed by atoms with Crippen LogP contribution in [0.3, 0.4) is 0 Å². The number of para-hydroxylation sites is 1. The Balaban J connectivity index is 0.00000338. The number of piperidine rings is 1. The maximum absolute atomic E-state index is 13.1. The van der Waals surface area contributed by atoms with Crippen molar-refractivity contribution < 1.29 is 35.8 Å². The van der Waals surface area contributed by atoms with E-state index in [0.717, 1.165) is 55.6 Å². The lowest BCUT2D eigenvalue weighted by Gasteiger charge is -2.45. The van der Waals surface area contributed by atoms with Gasteiger partial charge in [-0.2, -0.15) is 0 Å². The van der Waals surface area contributed by atoms with Crippen LogP contribution in [0.15, 0.2) is 18.2 Å². The van der Waals surface area contributed by atoms with Crippen LogP contribution in [0.4, 0.5) is 5.69 Å². The minimum atomic E-state index is -0.284. The van der Waals surface area contributed by atoms with Gasteiger partial charge in [-0.25, -0.2) is 0 Å². The van der Waals surface area contributed by atoms with Crippen molar-refractivity contribution >= 4 is 17.6 Å². The molecule has 26 heavy (non-hydrogen) atoms. The van der Waals surface area contributed by atoms with E-state index in [1.54, 1.807) is 0 Å². The number of quaternary nitrogens is 1. The Bertz CT molecular complexity index is 611. The molecule has 0 aliphatic carbocycles. The van der Waals surface area contributed by atoms with Gasteiger partial charge >= 0.3 is 5.97 Å². The Kier molecular flexibility index (Phi) is 8.77. The van der Waals surface area contributed by atoms with Gasteiger partial charge < -0.3 is 27.0 Å². The molecule has 0 radical (unpaired) electrons. The third-order valence-electron chi connectivity index (χ3n) is 5.22. The molecule has 2 unspecified atom stereocenters. The molecule has 1 heterocycles. The van der Waals surface area contributed by atoms with E-state index in [1.807, 2.05) is 32.0 Å². The van der Waals surface area contributed by atoms with Gasteiger partial charge in [0.1, 0.15) is 0 Å². The van der Waals surface area contributed by atoms with E-state index in [4.69, 9.17) is 4.74 Å². The number of halogens is 1. The van der Waals surface area contributed by atoms with Crippen LogP contribution in [-0.4, -0.2) is 42.2 Å². The normalized spacial score (nSPS) is 22.2. The summed E-state index contributed by atoms with van der Waals surface area (Å²) in [6, 6.07) is 5.85. The number of carbonyl (C=O) groups excluding carboxylic acids is 2. The number of esters is 1. The molecule has 0 bridgehead atoms. The topological polar surface area (TPSA) is 55.4 Å². The van der Waals surface area contributed by atoms with E-state index < -0.39 is 0 Å². The zero-order chi connectivity index (χ0) is 18.4. The van der Waals surface area contributed by atoms with Gasteiger partial charge in [-0.15, -0.1) is 0 Å². The zero-order valence-electron chi connectivity index (χ0n) is 16.3. The highest BCUT2D eigenvalue weighted by Crippen LogP contribution is 2.29. The van der Waals surface area contributed by atoms with E-state index in [2.05, 4.69) is 12.2 Å². The summed E-state index contributed by atoms with van der Waals surface area (Å²) in [5.41, 5.74) is 3.04. The maximum Gasteiger partial charge on any atom is 0.306 e. The fourth-order valence-electron chi connectivity index (χ4n) is 3.94. The number of carbonyl (C=O) groups is 2. The number of nitrogens with zero attached hydrogens (tertiary/aromatic N) is 1. The van der Waals surface area contributed by atoms with Crippen molar-refractivity contribution in [2.24, 2.45) is 0 Å². The number of hydrogen-bond acceptors (Lipinski definition) is 3. The van der Waals surface area contributed by atoms with Crippen LogP contribution in [0.5, 0.6) is 0 Å². The van der Waals surface area contributed by atoms with Crippen molar-refractivity contribution in [3.8, 4) is 0 Å². The predicted octanol–water partition coefficient (Wildman–Crippen LogP) is 0.546. The molecular formula is C20H31BrN2O3. The van der Waals surface area contributed by atoms with Crippen molar-refractivity contribution in [3.05, 3.63) is 29.3 Å². The number of ether oxygens (including phenoxy) is 1. The van der Waals surface area contributed by atoms with E-state index in [9.17, 15) is 9.59 Å². The molecule has 1 fully saturated rings. The molecular weight excluding hydrogens is 396 g/mol. The molecule has 6 heteroatoms. The second-order valence-corrected chi connectivity index (χ2v) is 7.20. The molecule has 1 aliphatic heterocycles. The summed E-state index contributed by atoms with van der Waals surface area (Å²) in [6.45, 7) is 9.58. The number of benzene rings is 1. The predicted molar refractivity (Wildman–Crippen MR) is 99.1 cm³/mol. The first-order valence-corrected chi connectivity index (χ1v) is 9.26. The highest BCUT2D eigenvalue weighted by Gasteiger charge is 2.44. The molecule has 0 saturated carbocycles. The molecule has 2 rings (SSSR count). The quantitative estimate of drug-likeness (QED) is 0.533. The summed E-state index contributed by atoms with van der Waals surface area (Å²) in [6.07, 6.45) is 3.88. The third kappa shape index (κ3) is 5.30. The van der Waals surface area contributed by atoms with Crippen LogP contribution >= 0.6 is 0 Å². The van der Waals surface area contributed by atoms with Crippen LogP contribution in [-0.2, 0) is 14.3 Å². The van der Waals surface area contributed by atoms with Gasteiger partial charge in [-0.1, -0.05) is 25.1 Å². The summed E-state index contributed by atoms with van der Waals surface area (Å²) in [4.78, 5) is 24.5. The highest BCUT2D eigenvalue weighted by molar-refractivity contribution is 5.95. The van der Waals surface area contributed by atoms with E-state index in [1.165, 1.54) is 6.92 Å². The maximum atomic E-state index is 13.1. The highest BCUT2D eigenvalue weighted by atomic mass is 79.9. The molecule has 0 spiro atoms. The number of rotatable bonds is 6. The molecule has 1 amide bonds. The van der Waals surface area contributed by atoms with Gasteiger partial charge in [0.2, 0.25) is 6.73 Å². The Hall–Kier alpha value is -1.40. The number of amides is 1. The fourth-order valence-corrected chi connectivity index (χ4v) is 3.94. The molecule has 146 valence electrons. The lowest BCUT2D eigenvalue weighted by atomic mass is 9.97. The zero-order valence-corrected chi connectivity index (χ0v) is 17.9. The number of hydrogen-bond donors (Lipinski definition) is 1. The molecule has 5 nitrogen and oxygen atoms in total. The van der Waals surface area contributed by atoms with Gasteiger partial charge in [0.25, 0.3) is 5.91 Å². The second kappa shape index (κ2) is 10.1. The second-order valence-electron chi connectivity index (χ2n) is 7.20. The standard InChI is InChI=1S/C20H30N2O3.BrH/c1-5-12-22(14-25-17(4)23)13-7-6-11-18(22)20(24)21-19-15(2)9-8-10-16(19)3;/h8-10,18H,5-7,11-14H2,1-4H3;1H. The van der Waals surface area contributed by atoms with Crippen molar-refractivity contribution in [2.45, 2.75) is 59.4 Å². The minimum Gasteiger partial charge on any atom is -1.00 e. The minimum absolute atomic E-state index is 0. The van der Waals surface area contributed by atoms with E-state index in [-0.39, 0.29) is 41.6 Å². The SMILES string of the molecule is CCC[N+]1(COC(C)=O)CCCCC1C(=O)Nc1c(C)cccc1C.[Br-]. The van der Waals surface area contributed by atoms with Gasteiger partial charge in [0, 0.05) is 19.0 Å². The summed E-state index contributed by atoms with van der Waals surface area (Å²) in [7, 11) is 0. The summed E-state index contributed by atoms with van der Waals surface area (Å²) in [5.74, 6) is -0.245. The van der Waals surface area contributed by atoms with Crippen LogP contribution in [0, 0.1) is 13.8 Å². The lowest BCUT2D eigenvalue weighted by Crippen LogP contribution is -3.00. The van der Waals surface area contributed by atoms with Crippen LogP contribution in [0.2, 0.25) is 0 Å². The molecule has 2 atom stereocenters. The van der Waals surface area contributed by atoms with Crippen molar-refractivity contribution in [3.63, 3.8) is 0 Å². The van der Waals surface area contributed by atoms with Gasteiger partial charge in [-0.3, -0.25) is 14.1 Å². The molecule has 0 aromatic heterocycles. The average molecular weight is 427 g/mol. The smallest absolute Gasteiger partial charge is 0.306 e. The first kappa shape index (κ1) is 22.6. The number of aryl methyl sites for hydroxylation is 2. The average Bonchev–Trinajstić information content (AvgIpc) is 2.57. The molecule has 1 N–H and O–H groups in total. The first-order chi connectivity index (χ1) is 11.9. The monoisotopic (exact) mass is 426 g/mol. The largest absolute Gasteiger partial charge is 1.00 e. The van der Waals surface area contributed by atoms with Crippen molar-refractivity contribution in [1.29, 1.82) is 0 Å². The molecule has 1 aromatic carbocycles. The van der Waals surface area contributed by atoms with Crippen molar-refractivity contribution in [1.82, 2.24) is 0 Å². The van der Waals surface area contributed by atoms with E-state index >= 15 is 0 Å². The van der Waals surface area contributed by atoms with Crippen molar-refractivity contribution in [2.75, 3.05) is 25.1 Å². The van der Waals surface area contributed by atoms with Crippen LogP contribution < -0.4 is 22.3 Å². The van der Waals surface area contributed by atoms with Crippen LogP contribution in [0.25, 0.3) is 0 Å². The number of anilines is 1. The first-order valence-electron chi connectivity index (χ1n) is 9.26. The summed E-state index contributed by atoms with van der Waals surface area (Å²) < 4.78 is 5.92. The van der Waals surface area contributed by atoms with Gasteiger partial charge in [0.15, 0.2) is 6.04 Å². The van der Waals surface area contributed by atoms with Gasteiger partial charge in [0.05, 0.1) is 13.1 Å². The summed E-state index contributed by atoms with van der Waals surface area (Å²) in [5, 5.41) is 3.15. The Morgan fingerprint density at radius 3 is 2.46 bits per heavy atom. The Morgan fingerprint density at radius 2 is 1.88 bits per heavy atom. The van der Waals surface area contributed by atoms with Crippen LogP contribution in [0.1, 0.15) is 50.7 Å². The molecule has 1 aliphatic rings. The Labute approximate surface area is 167 Å². The number of nitrogens with one attached hydrogen (secondary N) is 1.